The van der Waals surface area contributed by atoms with Crippen LogP contribution < -0.4 is 5.32 Å². The molecule has 0 aliphatic carbocycles. The molecule has 0 saturated heterocycles. The highest BCUT2D eigenvalue weighted by molar-refractivity contribution is 9.10. The monoisotopic (exact) mass is 411 g/mol. The predicted molar refractivity (Wildman–Crippen MR) is 108 cm³/mol. The zero-order valence-corrected chi connectivity index (χ0v) is 16.5. The molecule has 0 saturated carbocycles. The summed E-state index contributed by atoms with van der Waals surface area (Å²) in [6, 6.07) is 18.1. The molecule has 134 valence electrons. The number of hydrogen-bond acceptors (Lipinski definition) is 2. The topological polar surface area (TPSA) is 46.9 Å². The number of carbonyl (C=O) groups excluding carboxylic acids is 1. The Bertz CT molecular complexity index is 867. The molecule has 2 aromatic carbocycles. The zero-order valence-electron chi connectivity index (χ0n) is 14.9. The Morgan fingerprint density at radius 1 is 1.04 bits per heavy atom. The quantitative estimate of drug-likeness (QED) is 0.620. The van der Waals surface area contributed by atoms with Gasteiger partial charge < -0.3 is 5.32 Å². The molecule has 1 aromatic heterocycles. The van der Waals surface area contributed by atoms with Gasteiger partial charge in [0.05, 0.1) is 13.0 Å². The molecule has 26 heavy (non-hydrogen) atoms. The van der Waals surface area contributed by atoms with Gasteiger partial charge in [0.15, 0.2) is 5.82 Å². The van der Waals surface area contributed by atoms with Gasteiger partial charge in [0, 0.05) is 16.7 Å². The van der Waals surface area contributed by atoms with Gasteiger partial charge in [-0.1, -0.05) is 66.2 Å². The first-order valence-electron chi connectivity index (χ1n) is 8.66. The van der Waals surface area contributed by atoms with E-state index in [0.717, 1.165) is 15.6 Å². The number of aromatic nitrogens is 2. The second-order valence-corrected chi connectivity index (χ2v) is 7.56. The Hall–Kier alpha value is -2.40. The number of benzene rings is 2. The van der Waals surface area contributed by atoms with Crippen LogP contribution in [0.25, 0.3) is 0 Å². The van der Waals surface area contributed by atoms with Crippen LogP contribution in [0.3, 0.4) is 0 Å². The molecule has 3 aromatic rings. The number of amides is 1. The maximum atomic E-state index is 12.2. The summed E-state index contributed by atoms with van der Waals surface area (Å²) in [6.07, 6.45) is 2.22. The summed E-state index contributed by atoms with van der Waals surface area (Å²) >= 11 is 3.43. The second kappa shape index (κ2) is 8.32. The minimum absolute atomic E-state index is 0.0591. The first kappa shape index (κ1) is 18.4. The molecule has 1 amide bonds. The van der Waals surface area contributed by atoms with E-state index in [-0.39, 0.29) is 5.91 Å². The number of nitrogens with zero attached hydrogens (tertiary/aromatic N) is 2. The molecule has 0 radical (unpaired) electrons. The van der Waals surface area contributed by atoms with Crippen molar-refractivity contribution in [3.05, 3.63) is 82.0 Å². The first-order chi connectivity index (χ1) is 12.5. The maximum Gasteiger partial charge on any atom is 0.229 e. The number of hydrogen-bond donors (Lipinski definition) is 1. The van der Waals surface area contributed by atoms with E-state index in [1.54, 1.807) is 0 Å². The summed E-state index contributed by atoms with van der Waals surface area (Å²) in [5.41, 5.74) is 3.43. The third-order valence-electron chi connectivity index (χ3n) is 4.18. The number of carbonyl (C=O) groups is 1. The van der Waals surface area contributed by atoms with Crippen molar-refractivity contribution in [2.45, 2.75) is 32.7 Å². The minimum atomic E-state index is -0.0591. The van der Waals surface area contributed by atoms with Crippen molar-refractivity contribution in [3.8, 4) is 0 Å². The van der Waals surface area contributed by atoms with Gasteiger partial charge in [-0.2, -0.15) is 5.10 Å². The Kier molecular flexibility index (Phi) is 5.89. The fraction of sp³-hybridized carbons (Fsp3) is 0.238. The molecule has 0 spiro atoms. The fourth-order valence-electron chi connectivity index (χ4n) is 2.69. The molecule has 1 heterocycles. The van der Waals surface area contributed by atoms with E-state index < -0.39 is 0 Å². The van der Waals surface area contributed by atoms with Gasteiger partial charge >= 0.3 is 0 Å². The van der Waals surface area contributed by atoms with Crippen molar-refractivity contribution >= 4 is 27.7 Å². The van der Waals surface area contributed by atoms with Crippen LogP contribution in [0.2, 0.25) is 0 Å². The van der Waals surface area contributed by atoms with Crippen LogP contribution >= 0.6 is 15.9 Å². The van der Waals surface area contributed by atoms with Crippen molar-refractivity contribution in [2.75, 3.05) is 5.32 Å². The number of nitrogens with one attached hydrogen (secondary N) is 1. The molecule has 0 atom stereocenters. The maximum absolute atomic E-state index is 12.2. The average molecular weight is 412 g/mol. The lowest BCUT2D eigenvalue weighted by atomic mass is 10.0. The third-order valence-corrected chi connectivity index (χ3v) is 4.71. The summed E-state index contributed by atoms with van der Waals surface area (Å²) < 4.78 is 2.87. The Labute approximate surface area is 162 Å². The van der Waals surface area contributed by atoms with Gasteiger partial charge in [0.2, 0.25) is 5.91 Å². The van der Waals surface area contributed by atoms with Gasteiger partial charge in [0.1, 0.15) is 0 Å². The van der Waals surface area contributed by atoms with Crippen molar-refractivity contribution in [1.82, 2.24) is 9.78 Å². The van der Waals surface area contributed by atoms with E-state index in [1.165, 1.54) is 5.56 Å². The average Bonchev–Trinajstić information content (AvgIpc) is 3.04. The number of anilines is 1. The smallest absolute Gasteiger partial charge is 0.229 e. The van der Waals surface area contributed by atoms with Crippen molar-refractivity contribution in [2.24, 2.45) is 0 Å². The largest absolute Gasteiger partial charge is 0.309 e. The second-order valence-electron chi connectivity index (χ2n) is 6.65. The van der Waals surface area contributed by atoms with Crippen LogP contribution in [0.4, 0.5) is 5.82 Å². The highest BCUT2D eigenvalue weighted by Gasteiger charge is 2.07. The Balaban J connectivity index is 1.56. The molecule has 0 bridgehead atoms. The summed E-state index contributed by atoms with van der Waals surface area (Å²) in [5.74, 6) is 1.01. The summed E-state index contributed by atoms with van der Waals surface area (Å²) in [6.45, 7) is 4.98. The number of halogens is 1. The molecule has 0 aliphatic rings. The van der Waals surface area contributed by atoms with Crippen LogP contribution in [0, 0.1) is 0 Å². The van der Waals surface area contributed by atoms with E-state index in [4.69, 9.17) is 0 Å². The number of rotatable bonds is 6. The van der Waals surface area contributed by atoms with E-state index in [0.29, 0.717) is 24.7 Å². The summed E-state index contributed by atoms with van der Waals surface area (Å²) in [5, 5.41) is 7.28. The van der Waals surface area contributed by atoms with Crippen LogP contribution in [-0.2, 0) is 17.8 Å². The standard InChI is InChI=1S/C21H22BrN3O/c1-15(2)18-7-3-16(4-8-18)13-21(26)23-20-11-12-25(24-20)14-17-5-9-19(22)10-6-17/h3-12,15H,13-14H2,1-2H3,(H,23,24,26). The van der Waals surface area contributed by atoms with E-state index in [9.17, 15) is 4.79 Å². The van der Waals surface area contributed by atoms with E-state index >= 15 is 0 Å². The minimum Gasteiger partial charge on any atom is -0.309 e. The highest BCUT2D eigenvalue weighted by atomic mass is 79.9. The van der Waals surface area contributed by atoms with Gasteiger partial charge in [0.25, 0.3) is 0 Å². The fourth-order valence-corrected chi connectivity index (χ4v) is 2.95. The molecule has 0 aliphatic heterocycles. The SMILES string of the molecule is CC(C)c1ccc(CC(=O)Nc2ccn(Cc3ccc(Br)cc3)n2)cc1. The summed E-state index contributed by atoms with van der Waals surface area (Å²) in [7, 11) is 0. The molecule has 3 rings (SSSR count). The lowest BCUT2D eigenvalue weighted by molar-refractivity contribution is -0.115. The highest BCUT2D eigenvalue weighted by Crippen LogP contribution is 2.15. The lowest BCUT2D eigenvalue weighted by Gasteiger charge is -2.07. The zero-order chi connectivity index (χ0) is 18.5. The van der Waals surface area contributed by atoms with Gasteiger partial charge in [-0.3, -0.25) is 9.48 Å². The van der Waals surface area contributed by atoms with Gasteiger partial charge in [-0.05, 0) is 34.7 Å². The lowest BCUT2D eigenvalue weighted by Crippen LogP contribution is -2.15. The van der Waals surface area contributed by atoms with Gasteiger partial charge in [-0.25, -0.2) is 0 Å². The molecule has 1 N–H and O–H groups in total. The van der Waals surface area contributed by atoms with E-state index in [2.05, 4.69) is 52.3 Å². The predicted octanol–water partition coefficient (Wildman–Crippen LogP) is 5.00. The van der Waals surface area contributed by atoms with Crippen molar-refractivity contribution in [1.29, 1.82) is 0 Å². The van der Waals surface area contributed by atoms with Crippen LogP contribution in [-0.4, -0.2) is 15.7 Å². The molecule has 4 nitrogen and oxygen atoms in total. The Morgan fingerprint density at radius 2 is 1.69 bits per heavy atom. The van der Waals surface area contributed by atoms with Crippen LogP contribution in [0.5, 0.6) is 0 Å². The molecular formula is C21H22BrN3O. The molecular weight excluding hydrogens is 390 g/mol. The van der Waals surface area contributed by atoms with Crippen molar-refractivity contribution in [3.63, 3.8) is 0 Å². The summed E-state index contributed by atoms with van der Waals surface area (Å²) in [4.78, 5) is 12.2. The third kappa shape index (κ3) is 5.05. The van der Waals surface area contributed by atoms with Crippen molar-refractivity contribution < 1.29 is 4.79 Å². The molecule has 0 fully saturated rings. The van der Waals surface area contributed by atoms with E-state index in [1.807, 2.05) is 53.3 Å². The first-order valence-corrected chi connectivity index (χ1v) is 9.45. The normalized spacial score (nSPS) is 10.9. The molecule has 0 unspecified atom stereocenters. The Morgan fingerprint density at radius 3 is 2.35 bits per heavy atom. The van der Waals surface area contributed by atoms with Gasteiger partial charge in [-0.15, -0.1) is 0 Å². The van der Waals surface area contributed by atoms with Crippen LogP contribution in [0.1, 0.15) is 36.5 Å². The van der Waals surface area contributed by atoms with Crippen LogP contribution in [0.15, 0.2) is 65.3 Å². The molecule has 5 heteroatoms.